The number of carbonyl (C=O) groups is 2. The Labute approximate surface area is 153 Å². The minimum Gasteiger partial charge on any atom is -0.497 e. The average molecular weight is 360 g/mol. The monoisotopic (exact) mass is 360 g/mol. The van der Waals surface area contributed by atoms with Crippen molar-refractivity contribution in [2.45, 2.75) is 44.3 Å². The molecule has 0 radical (unpaired) electrons. The predicted molar refractivity (Wildman–Crippen MR) is 94.3 cm³/mol. The fraction of sp³-hybridized carbons (Fsp3) is 0.600. The zero-order valence-corrected chi connectivity index (χ0v) is 15.2. The van der Waals surface area contributed by atoms with Gasteiger partial charge in [0.1, 0.15) is 5.75 Å². The van der Waals surface area contributed by atoms with Gasteiger partial charge in [0.25, 0.3) is 5.91 Å². The minimum absolute atomic E-state index is 0.0621. The van der Waals surface area contributed by atoms with E-state index < -0.39 is 5.67 Å². The van der Waals surface area contributed by atoms with Crippen molar-refractivity contribution in [1.29, 1.82) is 0 Å². The molecule has 6 heteroatoms. The summed E-state index contributed by atoms with van der Waals surface area (Å²) in [5.41, 5.74) is -0.569. The summed E-state index contributed by atoms with van der Waals surface area (Å²) in [5.74, 6) is 0.632. The van der Waals surface area contributed by atoms with Crippen molar-refractivity contribution in [2.75, 3.05) is 26.7 Å². The molecule has 26 heavy (non-hydrogen) atoms. The Bertz CT molecular complexity index is 706. The van der Waals surface area contributed by atoms with Crippen LogP contribution in [0.15, 0.2) is 24.3 Å². The van der Waals surface area contributed by atoms with E-state index >= 15 is 0 Å². The summed E-state index contributed by atoms with van der Waals surface area (Å²) in [7, 11) is 1.63. The number of hydrogen-bond donors (Lipinski definition) is 0. The van der Waals surface area contributed by atoms with Crippen molar-refractivity contribution in [3.05, 3.63) is 29.8 Å². The largest absolute Gasteiger partial charge is 0.497 e. The number of piperidine rings is 1. The molecule has 0 bridgehead atoms. The average Bonchev–Trinajstić information content (AvgIpc) is 3.33. The van der Waals surface area contributed by atoms with Crippen LogP contribution in [0.1, 0.15) is 37.7 Å². The maximum Gasteiger partial charge on any atom is 0.260 e. The van der Waals surface area contributed by atoms with Crippen LogP contribution in [0.25, 0.3) is 0 Å². The van der Waals surface area contributed by atoms with Gasteiger partial charge in [-0.1, -0.05) is 12.1 Å². The van der Waals surface area contributed by atoms with E-state index in [0.29, 0.717) is 38.9 Å². The molecule has 1 saturated carbocycles. The Hall–Kier alpha value is -2.11. The summed E-state index contributed by atoms with van der Waals surface area (Å²) >= 11 is 0. The highest BCUT2D eigenvalue weighted by Crippen LogP contribution is 2.45. The van der Waals surface area contributed by atoms with Crippen LogP contribution in [0.4, 0.5) is 4.39 Å². The number of rotatable bonds is 4. The molecule has 4 rings (SSSR count). The second kappa shape index (κ2) is 6.25. The topological polar surface area (TPSA) is 49.9 Å². The number of nitrogens with zero attached hydrogens (tertiary/aromatic N) is 2. The standard InChI is InChI=1S/C20H25FN2O3/c1-26-16-4-2-15(3-5-16)13-23-14-19(12-17(23)24)8-10-22(11-9-19)18(25)20(21)6-7-20/h2-5H,6-14H2,1H3. The number of alkyl halides is 1. The van der Waals surface area contributed by atoms with Gasteiger partial charge in [-0.15, -0.1) is 0 Å². The van der Waals surface area contributed by atoms with Crippen molar-refractivity contribution >= 4 is 11.8 Å². The maximum absolute atomic E-state index is 14.0. The summed E-state index contributed by atoms with van der Waals surface area (Å²) in [5, 5.41) is 0. The van der Waals surface area contributed by atoms with Crippen LogP contribution in [0.3, 0.4) is 0 Å². The van der Waals surface area contributed by atoms with Gasteiger partial charge in [-0.05, 0) is 43.4 Å². The van der Waals surface area contributed by atoms with E-state index in [2.05, 4.69) is 0 Å². The summed E-state index contributed by atoms with van der Waals surface area (Å²) in [6.45, 7) is 2.45. The van der Waals surface area contributed by atoms with Crippen LogP contribution in [0.5, 0.6) is 5.75 Å². The molecule has 3 aliphatic rings. The molecular formula is C20H25FN2O3. The highest BCUT2D eigenvalue weighted by Gasteiger charge is 2.54. The van der Waals surface area contributed by atoms with Gasteiger partial charge in [0.2, 0.25) is 5.91 Å². The van der Waals surface area contributed by atoms with E-state index in [1.807, 2.05) is 29.2 Å². The fourth-order valence-electron chi connectivity index (χ4n) is 4.20. The van der Waals surface area contributed by atoms with Crippen molar-refractivity contribution in [3.63, 3.8) is 0 Å². The van der Waals surface area contributed by atoms with Crippen LogP contribution in [0.2, 0.25) is 0 Å². The van der Waals surface area contributed by atoms with Gasteiger partial charge in [0.15, 0.2) is 5.67 Å². The van der Waals surface area contributed by atoms with E-state index in [9.17, 15) is 14.0 Å². The smallest absolute Gasteiger partial charge is 0.260 e. The first-order valence-electron chi connectivity index (χ1n) is 9.32. The zero-order chi connectivity index (χ0) is 18.4. The van der Waals surface area contributed by atoms with E-state index in [0.717, 1.165) is 30.7 Å². The maximum atomic E-state index is 14.0. The number of hydrogen-bond acceptors (Lipinski definition) is 3. The van der Waals surface area contributed by atoms with E-state index in [4.69, 9.17) is 4.74 Å². The fourth-order valence-corrected chi connectivity index (χ4v) is 4.20. The molecule has 3 fully saturated rings. The van der Waals surface area contributed by atoms with Gasteiger partial charge in [-0.25, -0.2) is 4.39 Å². The molecule has 2 saturated heterocycles. The number of amides is 2. The summed E-state index contributed by atoms with van der Waals surface area (Å²) < 4.78 is 19.2. The van der Waals surface area contributed by atoms with Gasteiger partial charge in [0.05, 0.1) is 7.11 Å². The van der Waals surface area contributed by atoms with Crippen LogP contribution >= 0.6 is 0 Å². The lowest BCUT2D eigenvalue weighted by Crippen LogP contribution is -2.47. The highest BCUT2D eigenvalue weighted by atomic mass is 19.1. The molecule has 1 aromatic rings. The molecule has 2 heterocycles. The second-order valence-corrected chi connectivity index (χ2v) is 8.03. The quantitative estimate of drug-likeness (QED) is 0.829. The first-order chi connectivity index (χ1) is 12.4. The Morgan fingerprint density at radius 3 is 2.38 bits per heavy atom. The van der Waals surface area contributed by atoms with E-state index in [-0.39, 0.29) is 17.2 Å². The number of likely N-dealkylation sites (tertiary alicyclic amines) is 2. The van der Waals surface area contributed by atoms with Crippen LogP contribution in [-0.2, 0) is 16.1 Å². The molecule has 2 amide bonds. The van der Waals surface area contributed by atoms with Gasteiger partial charge >= 0.3 is 0 Å². The van der Waals surface area contributed by atoms with Crippen molar-refractivity contribution < 1.29 is 18.7 Å². The lowest BCUT2D eigenvalue weighted by atomic mass is 9.77. The van der Waals surface area contributed by atoms with Gasteiger partial charge in [0, 0.05) is 38.0 Å². The number of carbonyl (C=O) groups excluding carboxylic acids is 2. The van der Waals surface area contributed by atoms with Gasteiger partial charge < -0.3 is 14.5 Å². The predicted octanol–water partition coefficient (Wildman–Crippen LogP) is 2.54. The number of ether oxygens (including phenoxy) is 1. The van der Waals surface area contributed by atoms with Gasteiger partial charge in [-0.3, -0.25) is 9.59 Å². The van der Waals surface area contributed by atoms with E-state index in [1.54, 1.807) is 12.0 Å². The third-order valence-corrected chi connectivity index (χ3v) is 6.12. The molecule has 5 nitrogen and oxygen atoms in total. The minimum atomic E-state index is -1.59. The van der Waals surface area contributed by atoms with Crippen LogP contribution in [-0.4, -0.2) is 54.0 Å². The van der Waals surface area contributed by atoms with Crippen molar-refractivity contribution in [3.8, 4) is 5.75 Å². The van der Waals surface area contributed by atoms with Crippen LogP contribution in [0, 0.1) is 5.41 Å². The number of benzene rings is 1. The molecule has 0 N–H and O–H groups in total. The molecule has 0 aromatic heterocycles. The molecular weight excluding hydrogens is 335 g/mol. The Kier molecular flexibility index (Phi) is 4.16. The van der Waals surface area contributed by atoms with Gasteiger partial charge in [-0.2, -0.15) is 0 Å². The highest BCUT2D eigenvalue weighted by molar-refractivity contribution is 5.88. The Morgan fingerprint density at radius 1 is 1.15 bits per heavy atom. The van der Waals surface area contributed by atoms with E-state index in [1.165, 1.54) is 0 Å². The lowest BCUT2D eigenvalue weighted by Gasteiger charge is -2.39. The molecule has 1 spiro atoms. The molecule has 2 aliphatic heterocycles. The van der Waals surface area contributed by atoms with Crippen molar-refractivity contribution in [2.24, 2.45) is 5.41 Å². The third-order valence-electron chi connectivity index (χ3n) is 6.12. The SMILES string of the molecule is COc1ccc(CN2CC3(CCN(C(=O)C4(F)CC4)CC3)CC2=O)cc1. The van der Waals surface area contributed by atoms with Crippen LogP contribution < -0.4 is 4.74 Å². The molecule has 0 unspecified atom stereocenters. The Morgan fingerprint density at radius 2 is 1.81 bits per heavy atom. The summed E-state index contributed by atoms with van der Waals surface area (Å²) in [6.07, 6.45) is 2.81. The summed E-state index contributed by atoms with van der Waals surface area (Å²) in [6, 6.07) is 7.77. The molecule has 1 aromatic carbocycles. The lowest BCUT2D eigenvalue weighted by molar-refractivity contribution is -0.140. The first kappa shape index (κ1) is 17.3. The summed E-state index contributed by atoms with van der Waals surface area (Å²) in [4.78, 5) is 28.3. The molecule has 140 valence electrons. The Balaban J connectivity index is 1.36. The molecule has 1 aliphatic carbocycles. The normalized spacial score (nSPS) is 23.4. The number of methoxy groups -OCH3 is 1. The zero-order valence-electron chi connectivity index (χ0n) is 15.2. The molecule has 0 atom stereocenters. The van der Waals surface area contributed by atoms with Crippen molar-refractivity contribution in [1.82, 2.24) is 9.80 Å². The second-order valence-electron chi connectivity index (χ2n) is 8.03. The number of halogens is 1. The first-order valence-corrected chi connectivity index (χ1v) is 9.32. The third kappa shape index (κ3) is 3.17.